The van der Waals surface area contributed by atoms with Gasteiger partial charge in [-0.25, -0.2) is 9.37 Å². The Hall–Kier alpha value is -2.31. The molecule has 27 heavy (non-hydrogen) atoms. The van der Waals surface area contributed by atoms with Gasteiger partial charge in [0.2, 0.25) is 0 Å². The molecule has 0 saturated carbocycles. The number of aryl methyl sites for hydroxylation is 2. The summed E-state index contributed by atoms with van der Waals surface area (Å²) in [5, 5.41) is 0.578. The summed E-state index contributed by atoms with van der Waals surface area (Å²) in [6.07, 6.45) is 1.93. The van der Waals surface area contributed by atoms with Crippen molar-refractivity contribution < 1.29 is 13.9 Å². The van der Waals surface area contributed by atoms with E-state index in [-0.39, 0.29) is 17.8 Å². The zero-order valence-electron chi connectivity index (χ0n) is 15.4. The number of hydrogen-bond donors (Lipinski definition) is 0. The van der Waals surface area contributed by atoms with Crippen LogP contribution >= 0.6 is 11.3 Å². The molecule has 4 rings (SSSR count). The molecule has 0 aliphatic carbocycles. The predicted molar refractivity (Wildman–Crippen MR) is 106 cm³/mol. The molecule has 0 unspecified atom stereocenters. The van der Waals surface area contributed by atoms with Crippen molar-refractivity contribution in [1.29, 1.82) is 0 Å². The quantitative estimate of drug-likeness (QED) is 0.644. The lowest BCUT2D eigenvalue weighted by Crippen LogP contribution is -2.37. The van der Waals surface area contributed by atoms with Gasteiger partial charge in [-0.3, -0.25) is 9.69 Å². The van der Waals surface area contributed by atoms with Crippen LogP contribution in [-0.4, -0.2) is 30.1 Å². The number of carbonyl (C=O) groups is 1. The maximum Gasteiger partial charge on any atom is 0.260 e. The van der Waals surface area contributed by atoms with Crippen LogP contribution < -0.4 is 4.90 Å². The van der Waals surface area contributed by atoms with E-state index in [9.17, 15) is 9.18 Å². The Bertz CT molecular complexity index is 995. The molecule has 1 saturated heterocycles. The molecule has 2 aromatic carbocycles. The summed E-state index contributed by atoms with van der Waals surface area (Å²) in [6.45, 7) is 5.20. The van der Waals surface area contributed by atoms with Crippen molar-refractivity contribution in [3.8, 4) is 0 Å². The molecule has 0 spiro atoms. The molecule has 3 aromatic rings. The van der Waals surface area contributed by atoms with Gasteiger partial charge in [-0.2, -0.15) is 0 Å². The second kappa shape index (κ2) is 7.37. The Labute approximate surface area is 161 Å². The number of ether oxygens (including phenoxy) is 1. The average molecular weight is 384 g/mol. The Morgan fingerprint density at radius 1 is 1.26 bits per heavy atom. The lowest BCUT2D eigenvalue weighted by molar-refractivity contribution is 0.0917. The minimum atomic E-state index is -0.302. The van der Waals surface area contributed by atoms with E-state index in [0.717, 1.165) is 35.3 Å². The topological polar surface area (TPSA) is 42.4 Å². The Morgan fingerprint density at radius 2 is 2.11 bits per heavy atom. The molecule has 140 valence electrons. The van der Waals surface area contributed by atoms with E-state index in [1.165, 1.54) is 23.5 Å². The number of thiazole rings is 1. The number of benzene rings is 2. The Morgan fingerprint density at radius 3 is 2.85 bits per heavy atom. The maximum absolute atomic E-state index is 13.6. The lowest BCUT2D eigenvalue weighted by atomic mass is 10.1. The number of halogens is 1. The van der Waals surface area contributed by atoms with Gasteiger partial charge in [0.05, 0.1) is 22.9 Å². The van der Waals surface area contributed by atoms with Crippen LogP contribution in [0.2, 0.25) is 0 Å². The zero-order chi connectivity index (χ0) is 19.0. The third kappa shape index (κ3) is 3.73. The van der Waals surface area contributed by atoms with E-state index in [4.69, 9.17) is 4.74 Å². The van der Waals surface area contributed by atoms with E-state index in [2.05, 4.69) is 4.98 Å². The van der Waals surface area contributed by atoms with Crippen molar-refractivity contribution in [2.75, 3.05) is 18.1 Å². The van der Waals surface area contributed by atoms with Crippen molar-refractivity contribution in [2.24, 2.45) is 0 Å². The number of rotatable bonds is 4. The fourth-order valence-electron chi connectivity index (χ4n) is 3.27. The Kier molecular flexibility index (Phi) is 4.93. The van der Waals surface area contributed by atoms with Crippen LogP contribution in [0, 0.1) is 19.7 Å². The van der Waals surface area contributed by atoms with Gasteiger partial charge in [0, 0.05) is 12.2 Å². The Balaban J connectivity index is 1.72. The highest BCUT2D eigenvalue weighted by Crippen LogP contribution is 2.31. The summed E-state index contributed by atoms with van der Waals surface area (Å²) in [5.74, 6) is -0.406. The lowest BCUT2D eigenvalue weighted by Gasteiger charge is -2.23. The van der Waals surface area contributed by atoms with Crippen LogP contribution in [0.1, 0.15) is 34.3 Å². The third-order valence-electron chi connectivity index (χ3n) is 4.98. The van der Waals surface area contributed by atoms with Crippen LogP contribution in [0.25, 0.3) is 10.2 Å². The van der Waals surface area contributed by atoms with Crippen LogP contribution in [0.4, 0.5) is 9.52 Å². The SMILES string of the molecule is Cc1ccc(C(=O)N(C[C@H]2CCCO2)c2nc3ccc(F)cc3s2)cc1C. The second-order valence-electron chi connectivity index (χ2n) is 6.96. The van der Waals surface area contributed by atoms with Crippen molar-refractivity contribution in [3.05, 3.63) is 58.9 Å². The molecule has 0 N–H and O–H groups in total. The summed E-state index contributed by atoms with van der Waals surface area (Å²) in [4.78, 5) is 19.6. The number of amides is 1. The third-order valence-corrected chi connectivity index (χ3v) is 6.02. The molecule has 0 bridgehead atoms. The molecule has 1 aromatic heterocycles. The molecule has 2 heterocycles. The van der Waals surface area contributed by atoms with Crippen LogP contribution in [-0.2, 0) is 4.74 Å². The van der Waals surface area contributed by atoms with Crippen molar-refractivity contribution in [1.82, 2.24) is 4.98 Å². The van der Waals surface area contributed by atoms with Gasteiger partial charge in [-0.05, 0) is 68.1 Å². The summed E-state index contributed by atoms with van der Waals surface area (Å²) in [6, 6.07) is 10.2. The largest absolute Gasteiger partial charge is 0.376 e. The average Bonchev–Trinajstić information content (AvgIpc) is 3.30. The number of hydrogen-bond acceptors (Lipinski definition) is 4. The van der Waals surface area contributed by atoms with Crippen molar-refractivity contribution in [3.63, 3.8) is 0 Å². The normalized spacial score (nSPS) is 16.8. The van der Waals surface area contributed by atoms with E-state index in [1.807, 2.05) is 32.0 Å². The summed E-state index contributed by atoms with van der Waals surface area (Å²) in [7, 11) is 0. The molecule has 6 heteroatoms. The first-order valence-corrected chi connectivity index (χ1v) is 9.90. The number of aromatic nitrogens is 1. The minimum Gasteiger partial charge on any atom is -0.376 e. The molecule has 1 atom stereocenters. The summed E-state index contributed by atoms with van der Waals surface area (Å²) < 4.78 is 20.0. The predicted octanol–water partition coefficient (Wildman–Crippen LogP) is 4.88. The number of fused-ring (bicyclic) bond motifs is 1. The van der Waals surface area contributed by atoms with Crippen molar-refractivity contribution >= 4 is 32.6 Å². The number of anilines is 1. The highest BCUT2D eigenvalue weighted by molar-refractivity contribution is 7.22. The molecule has 1 amide bonds. The van der Waals surface area contributed by atoms with Gasteiger partial charge in [-0.15, -0.1) is 0 Å². The molecular weight excluding hydrogens is 363 g/mol. The number of nitrogens with zero attached hydrogens (tertiary/aromatic N) is 2. The fourth-order valence-corrected chi connectivity index (χ4v) is 4.27. The van der Waals surface area contributed by atoms with Gasteiger partial charge < -0.3 is 4.74 Å². The standard InChI is InChI=1S/C21H21FN2O2S/c1-13-5-6-15(10-14(13)2)20(25)24(12-17-4-3-9-26-17)21-23-18-8-7-16(22)11-19(18)27-21/h5-8,10-11,17H,3-4,9,12H2,1-2H3/t17-/m1/s1. The smallest absolute Gasteiger partial charge is 0.260 e. The highest BCUT2D eigenvalue weighted by Gasteiger charge is 2.27. The van der Waals surface area contributed by atoms with Gasteiger partial charge in [0.25, 0.3) is 5.91 Å². The maximum atomic E-state index is 13.6. The van der Waals surface area contributed by atoms with Gasteiger partial charge in [0.15, 0.2) is 5.13 Å². The first-order valence-electron chi connectivity index (χ1n) is 9.08. The monoisotopic (exact) mass is 384 g/mol. The highest BCUT2D eigenvalue weighted by atomic mass is 32.1. The fraction of sp³-hybridized carbons (Fsp3) is 0.333. The van der Waals surface area contributed by atoms with Gasteiger partial charge >= 0.3 is 0 Å². The number of carbonyl (C=O) groups excluding carboxylic acids is 1. The van der Waals surface area contributed by atoms with Crippen LogP contribution in [0.5, 0.6) is 0 Å². The molecular formula is C21H21FN2O2S. The first-order chi connectivity index (χ1) is 13.0. The van der Waals surface area contributed by atoms with Gasteiger partial charge in [-0.1, -0.05) is 17.4 Å². The van der Waals surface area contributed by atoms with Crippen LogP contribution in [0.15, 0.2) is 36.4 Å². The first kappa shape index (κ1) is 18.1. The van der Waals surface area contributed by atoms with E-state index in [1.54, 1.807) is 11.0 Å². The second-order valence-corrected chi connectivity index (χ2v) is 7.97. The van der Waals surface area contributed by atoms with E-state index in [0.29, 0.717) is 22.8 Å². The molecule has 0 radical (unpaired) electrons. The molecule has 4 nitrogen and oxygen atoms in total. The molecule has 1 aliphatic rings. The summed E-state index contributed by atoms with van der Waals surface area (Å²) >= 11 is 1.33. The van der Waals surface area contributed by atoms with E-state index < -0.39 is 0 Å². The molecule has 1 aliphatic heterocycles. The summed E-state index contributed by atoms with van der Waals surface area (Å²) in [5.41, 5.74) is 3.54. The minimum absolute atomic E-state index is 0.00393. The van der Waals surface area contributed by atoms with Gasteiger partial charge in [0.1, 0.15) is 5.82 Å². The van der Waals surface area contributed by atoms with E-state index >= 15 is 0 Å². The zero-order valence-corrected chi connectivity index (χ0v) is 16.2. The van der Waals surface area contributed by atoms with Crippen molar-refractivity contribution in [2.45, 2.75) is 32.8 Å². The molecule has 1 fully saturated rings. The van der Waals surface area contributed by atoms with Crippen LogP contribution in [0.3, 0.4) is 0 Å².